The van der Waals surface area contributed by atoms with Crippen molar-refractivity contribution in [1.82, 2.24) is 10.3 Å². The van der Waals surface area contributed by atoms with Crippen LogP contribution in [0.15, 0.2) is 0 Å². The third kappa shape index (κ3) is 4.17. The second-order valence-corrected chi connectivity index (χ2v) is 10.0. The number of fused-ring (bicyclic) bond motifs is 1. The maximum absolute atomic E-state index is 11.3. The molecule has 120 valence electrons. The molecule has 5 nitrogen and oxygen atoms in total. The van der Waals surface area contributed by atoms with Crippen LogP contribution in [-0.2, 0) is 16.3 Å². The number of hydrogen-bond acceptors (Lipinski definition) is 6. The summed E-state index contributed by atoms with van der Waals surface area (Å²) in [6.07, 6.45) is 3.36. The molecule has 2 rings (SSSR count). The van der Waals surface area contributed by atoms with E-state index in [-0.39, 0.29) is 11.2 Å². The predicted molar refractivity (Wildman–Crippen MR) is 89.0 cm³/mol. The van der Waals surface area contributed by atoms with Crippen molar-refractivity contribution in [2.24, 2.45) is 5.41 Å². The van der Waals surface area contributed by atoms with Gasteiger partial charge < -0.3 is 10.2 Å². The molecule has 0 fully saturated rings. The summed E-state index contributed by atoms with van der Waals surface area (Å²) in [4.78, 5) is 8.01. The zero-order valence-corrected chi connectivity index (χ0v) is 15.1. The van der Waals surface area contributed by atoms with E-state index in [1.54, 1.807) is 11.3 Å². The molecule has 0 aromatic carbocycles. The zero-order valence-electron chi connectivity index (χ0n) is 13.4. The Morgan fingerprint density at radius 3 is 2.71 bits per heavy atom. The molecule has 1 aliphatic carbocycles. The number of thiazole rings is 1. The van der Waals surface area contributed by atoms with Crippen LogP contribution in [-0.4, -0.2) is 46.1 Å². The maximum atomic E-state index is 11.3. The fourth-order valence-electron chi connectivity index (χ4n) is 2.72. The van der Waals surface area contributed by atoms with Crippen LogP contribution in [0.4, 0.5) is 5.13 Å². The molecule has 7 heteroatoms. The van der Waals surface area contributed by atoms with Gasteiger partial charge in [-0.1, -0.05) is 25.2 Å². The monoisotopic (exact) mass is 331 g/mol. The number of nitrogens with zero attached hydrogens (tertiary/aromatic N) is 2. The van der Waals surface area contributed by atoms with E-state index in [1.807, 2.05) is 19.0 Å². The van der Waals surface area contributed by atoms with Crippen molar-refractivity contribution in [3.05, 3.63) is 10.6 Å². The van der Waals surface area contributed by atoms with Gasteiger partial charge in [-0.05, 0) is 25.3 Å². The van der Waals surface area contributed by atoms with Gasteiger partial charge in [-0.3, -0.25) is 0 Å². The lowest BCUT2D eigenvalue weighted by Crippen LogP contribution is -2.30. The van der Waals surface area contributed by atoms with Crippen LogP contribution in [0, 0.1) is 5.41 Å². The quantitative estimate of drug-likeness (QED) is 0.892. The van der Waals surface area contributed by atoms with Crippen LogP contribution >= 0.6 is 11.3 Å². The molecular weight excluding hydrogens is 306 g/mol. The lowest BCUT2D eigenvalue weighted by Gasteiger charge is -2.34. The summed E-state index contributed by atoms with van der Waals surface area (Å²) in [5.74, 6) is 0.161. The van der Waals surface area contributed by atoms with Gasteiger partial charge in [-0.25, -0.2) is 13.4 Å². The Kier molecular flexibility index (Phi) is 4.66. The number of nitrogens with one attached hydrogen (secondary N) is 1. The van der Waals surface area contributed by atoms with Crippen LogP contribution in [0.1, 0.15) is 36.9 Å². The lowest BCUT2D eigenvalue weighted by molar-refractivity contribution is 0.265. The van der Waals surface area contributed by atoms with E-state index in [4.69, 9.17) is 4.98 Å². The second kappa shape index (κ2) is 5.85. The summed E-state index contributed by atoms with van der Waals surface area (Å²) in [6.45, 7) is 5.03. The molecule has 1 unspecified atom stereocenters. The van der Waals surface area contributed by atoms with Gasteiger partial charge in [0.05, 0.1) is 11.4 Å². The molecular formula is C14H25N3O2S2. The summed E-state index contributed by atoms with van der Waals surface area (Å²) in [6, 6.07) is 0.346. The summed E-state index contributed by atoms with van der Waals surface area (Å²) in [5, 5.41) is 4.30. The van der Waals surface area contributed by atoms with Crippen LogP contribution in [0.2, 0.25) is 0 Å². The summed E-state index contributed by atoms with van der Waals surface area (Å²) >= 11 is 1.68. The predicted octanol–water partition coefficient (Wildman–Crippen LogP) is 1.86. The molecule has 0 saturated heterocycles. The average Bonchev–Trinajstić information content (AvgIpc) is 2.76. The van der Waals surface area contributed by atoms with Crippen molar-refractivity contribution in [2.75, 3.05) is 37.5 Å². The number of aromatic nitrogens is 1. The van der Waals surface area contributed by atoms with Crippen molar-refractivity contribution >= 4 is 26.3 Å². The Hall–Kier alpha value is -0.660. The van der Waals surface area contributed by atoms with Crippen LogP contribution in [0.5, 0.6) is 0 Å². The first-order valence-electron chi connectivity index (χ1n) is 7.17. The third-order valence-electron chi connectivity index (χ3n) is 3.91. The van der Waals surface area contributed by atoms with Crippen molar-refractivity contribution < 1.29 is 8.42 Å². The molecule has 1 atom stereocenters. The highest BCUT2D eigenvalue weighted by Gasteiger charge is 2.34. The fraction of sp³-hybridized carbons (Fsp3) is 0.786. The number of hydrogen-bond donors (Lipinski definition) is 1. The summed E-state index contributed by atoms with van der Waals surface area (Å²) in [5.41, 5.74) is 1.41. The Labute approximate surface area is 131 Å². The third-order valence-corrected chi connectivity index (χ3v) is 6.16. The molecule has 0 bridgehead atoms. The summed E-state index contributed by atoms with van der Waals surface area (Å²) < 4.78 is 22.6. The van der Waals surface area contributed by atoms with Crippen molar-refractivity contribution in [3.63, 3.8) is 0 Å². The molecule has 1 N–H and O–H groups in total. The Bertz CT molecular complexity index is 608. The SMILES string of the molecule is CNC1CC(C)(C)Cc2nc(N(C)CCS(C)(=O)=O)sc21. The van der Waals surface area contributed by atoms with Gasteiger partial charge in [0.15, 0.2) is 5.13 Å². The second-order valence-electron chi connectivity index (χ2n) is 6.75. The normalized spacial score (nSPS) is 21.1. The first kappa shape index (κ1) is 16.7. The van der Waals surface area contributed by atoms with Gasteiger partial charge in [-0.2, -0.15) is 0 Å². The minimum Gasteiger partial charge on any atom is -0.350 e. The topological polar surface area (TPSA) is 62.3 Å². The number of rotatable bonds is 5. The average molecular weight is 332 g/mol. The molecule has 0 amide bonds. The van der Waals surface area contributed by atoms with Gasteiger partial charge in [0.1, 0.15) is 9.84 Å². The largest absolute Gasteiger partial charge is 0.350 e. The molecule has 1 aliphatic rings. The molecule has 0 radical (unpaired) electrons. The van der Waals surface area contributed by atoms with Crippen LogP contribution in [0.3, 0.4) is 0 Å². The van der Waals surface area contributed by atoms with Gasteiger partial charge in [0.25, 0.3) is 0 Å². The Morgan fingerprint density at radius 1 is 1.48 bits per heavy atom. The molecule has 1 aromatic heterocycles. The van der Waals surface area contributed by atoms with E-state index >= 15 is 0 Å². The molecule has 1 heterocycles. The van der Waals surface area contributed by atoms with Crippen molar-refractivity contribution in [3.8, 4) is 0 Å². The molecule has 21 heavy (non-hydrogen) atoms. The van der Waals surface area contributed by atoms with E-state index in [0.717, 1.165) is 23.7 Å². The van der Waals surface area contributed by atoms with E-state index in [9.17, 15) is 8.42 Å². The minimum atomic E-state index is -2.94. The van der Waals surface area contributed by atoms with Crippen molar-refractivity contribution in [1.29, 1.82) is 0 Å². The van der Waals surface area contributed by atoms with E-state index < -0.39 is 9.84 Å². The smallest absolute Gasteiger partial charge is 0.185 e. The minimum absolute atomic E-state index is 0.161. The zero-order chi connectivity index (χ0) is 15.8. The number of anilines is 1. The molecule has 0 spiro atoms. The van der Waals surface area contributed by atoms with Gasteiger partial charge in [-0.15, -0.1) is 0 Å². The number of sulfone groups is 1. The fourth-order valence-corrected chi connectivity index (χ4v) is 4.50. The highest BCUT2D eigenvalue weighted by molar-refractivity contribution is 7.90. The molecule has 0 aliphatic heterocycles. The lowest BCUT2D eigenvalue weighted by atomic mass is 9.76. The van der Waals surface area contributed by atoms with E-state index in [1.165, 1.54) is 11.1 Å². The van der Waals surface area contributed by atoms with E-state index in [2.05, 4.69) is 19.2 Å². The first-order chi connectivity index (χ1) is 9.61. The van der Waals surface area contributed by atoms with Crippen LogP contribution < -0.4 is 10.2 Å². The maximum Gasteiger partial charge on any atom is 0.185 e. The first-order valence-corrected chi connectivity index (χ1v) is 10.0. The van der Waals surface area contributed by atoms with Gasteiger partial charge in [0.2, 0.25) is 0 Å². The molecule has 0 saturated carbocycles. The van der Waals surface area contributed by atoms with Gasteiger partial charge >= 0.3 is 0 Å². The molecule has 1 aromatic rings. The highest BCUT2D eigenvalue weighted by Crippen LogP contribution is 2.44. The Morgan fingerprint density at radius 2 is 2.14 bits per heavy atom. The standard InChI is InChI=1S/C14H25N3O2S2/c1-14(2)8-10(15-3)12-11(9-14)16-13(20-12)17(4)6-7-21(5,18)19/h10,15H,6-9H2,1-5H3. The summed E-state index contributed by atoms with van der Waals surface area (Å²) in [7, 11) is 0.960. The van der Waals surface area contributed by atoms with E-state index in [0.29, 0.717) is 12.6 Å². The van der Waals surface area contributed by atoms with Crippen molar-refractivity contribution in [2.45, 2.75) is 32.7 Å². The van der Waals surface area contributed by atoms with Gasteiger partial charge in [0, 0.05) is 30.8 Å². The van der Waals surface area contributed by atoms with Crippen LogP contribution in [0.25, 0.3) is 0 Å². The highest BCUT2D eigenvalue weighted by atomic mass is 32.2. The Balaban J connectivity index is 2.19.